The van der Waals surface area contributed by atoms with Gasteiger partial charge >= 0.3 is 0 Å². The fourth-order valence-electron chi connectivity index (χ4n) is 4.20. The molecule has 2 amide bonds. The second kappa shape index (κ2) is 10.3. The molecule has 1 atom stereocenters. The third-order valence-corrected chi connectivity index (χ3v) is 6.69. The van der Waals surface area contributed by atoms with E-state index in [0.29, 0.717) is 6.54 Å². The van der Waals surface area contributed by atoms with Crippen LogP contribution in [0, 0.1) is 0 Å². The smallest absolute Gasteiger partial charge is 0.259 e. The van der Waals surface area contributed by atoms with E-state index in [2.05, 4.69) is 15.5 Å². The van der Waals surface area contributed by atoms with Gasteiger partial charge in [0.2, 0.25) is 5.43 Å². The summed E-state index contributed by atoms with van der Waals surface area (Å²) in [4.78, 5) is 41.4. The molecule has 0 saturated heterocycles. The minimum absolute atomic E-state index is 0.0253. The summed E-state index contributed by atoms with van der Waals surface area (Å²) < 4.78 is 1.73. The lowest BCUT2D eigenvalue weighted by Crippen LogP contribution is -2.37. The molecular formula is C29H29N5O3. The Bertz CT molecular complexity index is 1470. The van der Waals surface area contributed by atoms with Crippen LogP contribution in [0.15, 0.2) is 83.9 Å². The minimum Gasteiger partial charge on any atom is -0.349 e. The highest BCUT2D eigenvalue weighted by Crippen LogP contribution is 2.24. The molecule has 0 spiro atoms. The van der Waals surface area contributed by atoms with E-state index in [-0.39, 0.29) is 23.2 Å². The summed E-state index contributed by atoms with van der Waals surface area (Å²) in [6.07, 6.45) is 4.88. The summed E-state index contributed by atoms with van der Waals surface area (Å²) in [6.45, 7) is 2.29. The number of rotatable bonds is 8. The first kappa shape index (κ1) is 24.2. The van der Waals surface area contributed by atoms with Crippen molar-refractivity contribution in [2.24, 2.45) is 0 Å². The summed E-state index contributed by atoms with van der Waals surface area (Å²) in [7, 11) is 1.65. The van der Waals surface area contributed by atoms with Crippen molar-refractivity contribution in [1.82, 2.24) is 25.0 Å². The van der Waals surface area contributed by atoms with Crippen LogP contribution in [0.5, 0.6) is 0 Å². The lowest BCUT2D eigenvalue weighted by Gasteiger charge is -2.24. The monoisotopic (exact) mass is 495 g/mol. The summed E-state index contributed by atoms with van der Waals surface area (Å²) >= 11 is 0. The fourth-order valence-corrected chi connectivity index (χ4v) is 4.20. The van der Waals surface area contributed by atoms with Gasteiger partial charge in [0.05, 0.1) is 17.4 Å². The molecule has 0 bridgehead atoms. The van der Waals surface area contributed by atoms with Crippen molar-refractivity contribution in [2.75, 3.05) is 7.05 Å². The van der Waals surface area contributed by atoms with Crippen molar-refractivity contribution in [3.8, 4) is 11.3 Å². The third kappa shape index (κ3) is 5.38. The average Bonchev–Trinajstić information content (AvgIpc) is 3.60. The Hall–Kier alpha value is -4.46. The molecule has 2 aromatic heterocycles. The molecule has 8 heteroatoms. The maximum atomic E-state index is 13.6. The van der Waals surface area contributed by atoms with E-state index >= 15 is 0 Å². The number of carbonyl (C=O) groups is 2. The molecule has 0 aliphatic heterocycles. The highest BCUT2D eigenvalue weighted by molar-refractivity contribution is 5.99. The number of aromatic amines is 1. The van der Waals surface area contributed by atoms with Gasteiger partial charge in [-0.15, -0.1) is 0 Å². The SMILES string of the molecule is CC(c1cc(-c2ccccc2)n[nH]1)N(C)C(=O)c1cn(Cc2ccccc2)cc(C(=O)NC2CC2)c1=O. The topological polar surface area (TPSA) is 100 Å². The Kier molecular flexibility index (Phi) is 6.72. The van der Waals surface area contributed by atoms with Gasteiger partial charge in [0.1, 0.15) is 11.1 Å². The highest BCUT2D eigenvalue weighted by Gasteiger charge is 2.28. The van der Waals surface area contributed by atoms with Crippen molar-refractivity contribution in [3.05, 3.63) is 112 Å². The molecule has 1 aliphatic carbocycles. The van der Waals surface area contributed by atoms with E-state index in [1.807, 2.05) is 73.7 Å². The number of hydrogen-bond donors (Lipinski definition) is 2. The molecule has 188 valence electrons. The van der Waals surface area contributed by atoms with E-state index in [0.717, 1.165) is 35.4 Å². The first-order valence-corrected chi connectivity index (χ1v) is 12.4. The number of H-pyrrole nitrogens is 1. The first-order chi connectivity index (χ1) is 17.9. The lowest BCUT2D eigenvalue weighted by atomic mass is 10.1. The van der Waals surface area contributed by atoms with Gasteiger partial charge in [-0.05, 0) is 31.4 Å². The van der Waals surface area contributed by atoms with Crippen LogP contribution < -0.4 is 10.7 Å². The Morgan fingerprint density at radius 1 is 1.05 bits per heavy atom. The molecule has 0 radical (unpaired) electrons. The third-order valence-electron chi connectivity index (χ3n) is 6.69. The maximum Gasteiger partial charge on any atom is 0.259 e. The van der Waals surface area contributed by atoms with Crippen LogP contribution in [0.25, 0.3) is 11.3 Å². The van der Waals surface area contributed by atoms with E-state index in [9.17, 15) is 14.4 Å². The number of hydrogen-bond acceptors (Lipinski definition) is 4. The molecule has 37 heavy (non-hydrogen) atoms. The van der Waals surface area contributed by atoms with Crippen molar-refractivity contribution in [3.63, 3.8) is 0 Å². The Morgan fingerprint density at radius 3 is 2.38 bits per heavy atom. The van der Waals surface area contributed by atoms with Crippen LogP contribution in [0.1, 0.15) is 57.8 Å². The number of nitrogens with one attached hydrogen (secondary N) is 2. The predicted octanol–water partition coefficient (Wildman–Crippen LogP) is 4.01. The Labute approximate surface area is 215 Å². The molecule has 2 N–H and O–H groups in total. The quantitative estimate of drug-likeness (QED) is 0.386. The van der Waals surface area contributed by atoms with Crippen LogP contribution in [0.3, 0.4) is 0 Å². The summed E-state index contributed by atoms with van der Waals surface area (Å²) in [5.74, 6) is -0.906. The van der Waals surface area contributed by atoms with Crippen LogP contribution in [0.4, 0.5) is 0 Å². The molecule has 2 aromatic carbocycles. The molecule has 1 aliphatic rings. The van der Waals surface area contributed by atoms with Gasteiger partial charge in [-0.3, -0.25) is 19.5 Å². The van der Waals surface area contributed by atoms with Crippen molar-refractivity contribution in [2.45, 2.75) is 38.4 Å². The van der Waals surface area contributed by atoms with E-state index in [1.165, 1.54) is 17.3 Å². The van der Waals surface area contributed by atoms with Gasteiger partial charge in [-0.2, -0.15) is 5.10 Å². The zero-order valence-corrected chi connectivity index (χ0v) is 20.8. The highest BCUT2D eigenvalue weighted by atomic mass is 16.2. The standard InChI is InChI=1S/C29H29N5O3/c1-19(25-15-26(32-31-25)21-11-7-4-8-12-21)33(2)29(37)24-18-34(16-20-9-5-3-6-10-20)17-23(27(24)35)28(36)30-22-13-14-22/h3-12,15,17-19,22H,13-14,16H2,1-2H3,(H,30,36)(H,31,32). The number of aromatic nitrogens is 3. The maximum absolute atomic E-state index is 13.6. The molecule has 1 fully saturated rings. The predicted molar refractivity (Wildman–Crippen MR) is 141 cm³/mol. The average molecular weight is 496 g/mol. The number of amides is 2. The van der Waals surface area contributed by atoms with Crippen molar-refractivity contribution >= 4 is 11.8 Å². The van der Waals surface area contributed by atoms with E-state index in [4.69, 9.17) is 0 Å². The summed E-state index contributed by atoms with van der Waals surface area (Å²) in [6, 6.07) is 21.0. The van der Waals surface area contributed by atoms with Gasteiger partial charge in [0.25, 0.3) is 11.8 Å². The minimum atomic E-state index is -0.568. The summed E-state index contributed by atoms with van der Waals surface area (Å²) in [5, 5.41) is 10.3. The van der Waals surface area contributed by atoms with Crippen LogP contribution in [0.2, 0.25) is 0 Å². The van der Waals surface area contributed by atoms with Gasteiger partial charge in [-0.25, -0.2) is 0 Å². The van der Waals surface area contributed by atoms with E-state index < -0.39 is 17.2 Å². The van der Waals surface area contributed by atoms with Gasteiger partial charge < -0.3 is 14.8 Å². The molecule has 1 unspecified atom stereocenters. The normalized spacial score (nSPS) is 13.7. The first-order valence-electron chi connectivity index (χ1n) is 12.4. The number of pyridine rings is 1. The number of carbonyl (C=O) groups excluding carboxylic acids is 2. The molecule has 2 heterocycles. The Balaban J connectivity index is 1.45. The van der Waals surface area contributed by atoms with E-state index in [1.54, 1.807) is 11.6 Å². The zero-order valence-electron chi connectivity index (χ0n) is 20.8. The largest absolute Gasteiger partial charge is 0.349 e. The molecule has 8 nitrogen and oxygen atoms in total. The van der Waals surface area contributed by atoms with Crippen molar-refractivity contribution in [1.29, 1.82) is 0 Å². The van der Waals surface area contributed by atoms with Crippen LogP contribution in [-0.4, -0.2) is 44.6 Å². The Morgan fingerprint density at radius 2 is 1.70 bits per heavy atom. The second-order valence-corrected chi connectivity index (χ2v) is 9.49. The lowest BCUT2D eigenvalue weighted by molar-refractivity contribution is 0.0737. The van der Waals surface area contributed by atoms with Crippen molar-refractivity contribution < 1.29 is 9.59 Å². The van der Waals surface area contributed by atoms with Crippen LogP contribution in [-0.2, 0) is 6.54 Å². The molecule has 5 rings (SSSR count). The van der Waals surface area contributed by atoms with Gasteiger partial charge in [0.15, 0.2) is 0 Å². The zero-order chi connectivity index (χ0) is 25.9. The second-order valence-electron chi connectivity index (χ2n) is 9.49. The fraction of sp³-hybridized carbons (Fsp3) is 0.241. The number of nitrogens with zero attached hydrogens (tertiary/aromatic N) is 3. The molecule has 4 aromatic rings. The van der Waals surface area contributed by atoms with Crippen LogP contribution >= 0.6 is 0 Å². The molecule has 1 saturated carbocycles. The molecular weight excluding hydrogens is 466 g/mol. The number of benzene rings is 2. The summed E-state index contributed by atoms with van der Waals surface area (Å²) in [5.41, 5.74) is 2.82. The van der Waals surface area contributed by atoms with Gasteiger partial charge in [0, 0.05) is 37.6 Å². The van der Waals surface area contributed by atoms with Gasteiger partial charge in [-0.1, -0.05) is 60.7 Å².